The van der Waals surface area contributed by atoms with E-state index in [4.69, 9.17) is 14.5 Å². The number of carbonyl (C=O) groups is 1. The van der Waals surface area contributed by atoms with Crippen LogP contribution < -0.4 is 4.74 Å². The van der Waals surface area contributed by atoms with E-state index in [0.717, 1.165) is 37.0 Å². The largest absolute Gasteiger partial charge is 0.478 e. The average molecular weight is 282 g/mol. The predicted molar refractivity (Wildman–Crippen MR) is 74.4 cm³/mol. The van der Waals surface area contributed by atoms with Crippen molar-refractivity contribution in [2.24, 2.45) is 0 Å². The minimum absolute atomic E-state index is 0. The maximum Gasteiger partial charge on any atom is 0.382 e. The summed E-state index contributed by atoms with van der Waals surface area (Å²) < 4.78 is 5.62. The van der Waals surface area contributed by atoms with Crippen LogP contribution in [0.3, 0.4) is 0 Å². The highest BCUT2D eigenvalue weighted by Crippen LogP contribution is 2.27. The Morgan fingerprint density at radius 1 is 1.35 bits per heavy atom. The molecule has 1 heterocycles. The normalized spacial score (nSPS) is 16.6. The second-order valence-electron chi connectivity index (χ2n) is 4.68. The number of benzene rings is 1. The van der Waals surface area contributed by atoms with Gasteiger partial charge in [-0.25, -0.2) is 4.79 Å². The molecule has 0 aliphatic carbocycles. The molecule has 0 spiro atoms. The minimum Gasteiger partial charge on any atom is -0.478 e. The first-order valence-corrected chi connectivity index (χ1v) is 6.89. The molecule has 112 valence electrons. The molecule has 1 aliphatic rings. The Morgan fingerprint density at radius 3 is 2.95 bits per heavy atom. The van der Waals surface area contributed by atoms with Crippen LogP contribution in [0.25, 0.3) is 0 Å². The van der Waals surface area contributed by atoms with Gasteiger partial charge in [0.1, 0.15) is 5.75 Å². The van der Waals surface area contributed by atoms with Crippen LogP contribution in [0.4, 0.5) is 0 Å². The fourth-order valence-electron chi connectivity index (χ4n) is 2.05. The molecule has 5 nitrogen and oxygen atoms in total. The van der Waals surface area contributed by atoms with E-state index >= 15 is 0 Å². The molecule has 0 saturated heterocycles. The number of hydrogen-bond acceptors (Lipinski definition) is 4. The highest BCUT2D eigenvalue weighted by atomic mass is 17.2. The fraction of sp³-hybridized carbons (Fsp3) is 0.533. The van der Waals surface area contributed by atoms with Crippen molar-refractivity contribution >= 4 is 5.97 Å². The van der Waals surface area contributed by atoms with Gasteiger partial charge in [-0.15, -0.1) is 0 Å². The molecule has 0 amide bonds. The standard InChI is InChI=1S/C15H20O4.H2O/c1-2-3-6-11-17-19-15(16)14-10-9-12-7-4-5-8-13(12)18-14;/h4-5,7-8,14H,2-3,6,9-11H2,1H3;1H2. The van der Waals surface area contributed by atoms with Gasteiger partial charge in [0.25, 0.3) is 0 Å². The first-order valence-electron chi connectivity index (χ1n) is 6.89. The highest BCUT2D eigenvalue weighted by Gasteiger charge is 2.27. The molecular weight excluding hydrogens is 260 g/mol. The number of hydrogen-bond donors (Lipinski definition) is 0. The van der Waals surface area contributed by atoms with Gasteiger partial charge < -0.3 is 10.2 Å². The molecule has 2 N–H and O–H groups in total. The van der Waals surface area contributed by atoms with Gasteiger partial charge >= 0.3 is 5.97 Å². The zero-order valence-electron chi connectivity index (χ0n) is 11.8. The summed E-state index contributed by atoms with van der Waals surface area (Å²) in [6, 6.07) is 7.75. The molecule has 20 heavy (non-hydrogen) atoms. The number of aryl methyl sites for hydroxylation is 1. The molecule has 0 radical (unpaired) electrons. The van der Waals surface area contributed by atoms with Crippen molar-refractivity contribution in [3.05, 3.63) is 29.8 Å². The molecular formula is C15H22O5. The first kappa shape index (κ1) is 16.5. The van der Waals surface area contributed by atoms with Crippen LogP contribution in [-0.2, 0) is 21.0 Å². The average Bonchev–Trinajstić information content (AvgIpc) is 2.46. The molecule has 5 heteroatoms. The van der Waals surface area contributed by atoms with Gasteiger partial charge in [-0.2, -0.15) is 4.89 Å². The van der Waals surface area contributed by atoms with E-state index in [0.29, 0.717) is 13.0 Å². The SMILES string of the molecule is CCCCCOOC(=O)C1CCc2ccccc2O1.O. The lowest BCUT2D eigenvalue weighted by molar-refractivity contribution is -0.278. The summed E-state index contributed by atoms with van der Waals surface area (Å²) in [6.07, 6.45) is 3.99. The Morgan fingerprint density at radius 2 is 2.15 bits per heavy atom. The van der Waals surface area contributed by atoms with Crippen molar-refractivity contribution in [3.63, 3.8) is 0 Å². The molecule has 1 atom stereocenters. The molecule has 1 aromatic carbocycles. The van der Waals surface area contributed by atoms with Gasteiger partial charge in [-0.05, 0) is 30.9 Å². The number of ether oxygens (including phenoxy) is 1. The summed E-state index contributed by atoms with van der Waals surface area (Å²) in [5.74, 6) is 0.327. The Balaban J connectivity index is 0.00000200. The third-order valence-corrected chi connectivity index (χ3v) is 3.15. The number of carbonyl (C=O) groups excluding carboxylic acids is 1. The van der Waals surface area contributed by atoms with Crippen LogP contribution in [0.1, 0.15) is 38.2 Å². The third kappa shape index (κ3) is 4.51. The summed E-state index contributed by atoms with van der Waals surface area (Å²) in [5.41, 5.74) is 1.13. The van der Waals surface area contributed by atoms with E-state index < -0.39 is 12.1 Å². The summed E-state index contributed by atoms with van der Waals surface area (Å²) in [4.78, 5) is 21.5. The van der Waals surface area contributed by atoms with E-state index in [1.807, 2.05) is 24.3 Å². The van der Waals surface area contributed by atoms with Crippen LogP contribution in [0.15, 0.2) is 24.3 Å². The quantitative estimate of drug-likeness (QED) is 0.455. The highest BCUT2D eigenvalue weighted by molar-refractivity contribution is 5.75. The molecule has 1 unspecified atom stereocenters. The summed E-state index contributed by atoms with van der Waals surface area (Å²) in [5, 5.41) is 0. The monoisotopic (exact) mass is 282 g/mol. The Hall–Kier alpha value is -1.59. The smallest absolute Gasteiger partial charge is 0.382 e. The zero-order chi connectivity index (χ0) is 13.5. The molecule has 1 aromatic rings. The van der Waals surface area contributed by atoms with Crippen molar-refractivity contribution in [2.45, 2.75) is 45.1 Å². The molecule has 2 rings (SSSR count). The van der Waals surface area contributed by atoms with Crippen molar-refractivity contribution in [1.29, 1.82) is 0 Å². The van der Waals surface area contributed by atoms with Gasteiger partial charge in [0, 0.05) is 0 Å². The summed E-state index contributed by atoms with van der Waals surface area (Å²) >= 11 is 0. The maximum atomic E-state index is 11.8. The first-order chi connectivity index (χ1) is 9.31. The third-order valence-electron chi connectivity index (χ3n) is 3.15. The van der Waals surface area contributed by atoms with Crippen LogP contribution >= 0.6 is 0 Å². The van der Waals surface area contributed by atoms with Gasteiger partial charge in [-0.1, -0.05) is 38.0 Å². The maximum absolute atomic E-state index is 11.8. The van der Waals surface area contributed by atoms with E-state index in [2.05, 4.69) is 6.92 Å². The van der Waals surface area contributed by atoms with E-state index in [1.54, 1.807) is 0 Å². The molecule has 0 bridgehead atoms. The number of unbranched alkanes of at least 4 members (excludes halogenated alkanes) is 2. The topological polar surface area (TPSA) is 76.3 Å². The van der Waals surface area contributed by atoms with Crippen LogP contribution in [0.5, 0.6) is 5.75 Å². The second-order valence-corrected chi connectivity index (χ2v) is 4.68. The minimum atomic E-state index is -0.555. The van der Waals surface area contributed by atoms with Gasteiger partial charge in [0.15, 0.2) is 6.10 Å². The summed E-state index contributed by atoms with van der Waals surface area (Å²) in [7, 11) is 0. The Labute approximate surface area is 119 Å². The number of fused-ring (bicyclic) bond motifs is 1. The van der Waals surface area contributed by atoms with Crippen LogP contribution in [0, 0.1) is 0 Å². The van der Waals surface area contributed by atoms with E-state index in [9.17, 15) is 4.79 Å². The van der Waals surface area contributed by atoms with Crippen molar-refractivity contribution in [2.75, 3.05) is 6.61 Å². The van der Waals surface area contributed by atoms with Crippen molar-refractivity contribution < 1.29 is 24.8 Å². The molecule has 0 fully saturated rings. The Kier molecular flexibility index (Phi) is 7.04. The molecule has 0 aromatic heterocycles. The van der Waals surface area contributed by atoms with Gasteiger partial charge in [0.2, 0.25) is 0 Å². The van der Waals surface area contributed by atoms with E-state index in [-0.39, 0.29) is 5.48 Å². The van der Waals surface area contributed by atoms with E-state index in [1.165, 1.54) is 0 Å². The zero-order valence-corrected chi connectivity index (χ0v) is 11.8. The van der Waals surface area contributed by atoms with Crippen LogP contribution in [-0.4, -0.2) is 24.2 Å². The number of rotatable bonds is 6. The van der Waals surface area contributed by atoms with Crippen LogP contribution in [0.2, 0.25) is 0 Å². The fourth-order valence-corrected chi connectivity index (χ4v) is 2.05. The van der Waals surface area contributed by atoms with Crippen molar-refractivity contribution in [1.82, 2.24) is 0 Å². The van der Waals surface area contributed by atoms with Gasteiger partial charge in [0.05, 0.1) is 6.61 Å². The summed E-state index contributed by atoms with van der Waals surface area (Å²) in [6.45, 7) is 2.56. The molecule has 0 saturated carbocycles. The predicted octanol–water partition coefficient (Wildman–Crippen LogP) is 2.22. The van der Waals surface area contributed by atoms with Gasteiger partial charge in [-0.3, -0.25) is 4.89 Å². The number of para-hydroxylation sites is 1. The second kappa shape index (κ2) is 8.55. The lowest BCUT2D eigenvalue weighted by Crippen LogP contribution is -2.33. The molecule has 1 aliphatic heterocycles. The lowest BCUT2D eigenvalue weighted by atomic mass is 10.0. The lowest BCUT2D eigenvalue weighted by Gasteiger charge is -2.23. The van der Waals surface area contributed by atoms with Crippen molar-refractivity contribution in [3.8, 4) is 5.75 Å². The Bertz CT molecular complexity index is 418.